The highest BCUT2D eigenvalue weighted by Gasteiger charge is 2.18. The predicted octanol–water partition coefficient (Wildman–Crippen LogP) is 5.33. The summed E-state index contributed by atoms with van der Waals surface area (Å²) in [7, 11) is 0. The van der Waals surface area contributed by atoms with Crippen LogP contribution in [0.3, 0.4) is 0 Å². The second kappa shape index (κ2) is 12.8. The van der Waals surface area contributed by atoms with Crippen LogP contribution in [-0.4, -0.2) is 28.9 Å². The Morgan fingerprint density at radius 2 is 1.41 bits per heavy atom. The van der Waals surface area contributed by atoms with Crippen LogP contribution in [0.25, 0.3) is 21.3 Å². The van der Waals surface area contributed by atoms with Crippen molar-refractivity contribution in [2.24, 2.45) is 0 Å². The van der Waals surface area contributed by atoms with E-state index < -0.39 is 17.4 Å². The Bertz CT molecular complexity index is 1570. The first-order valence-corrected chi connectivity index (χ1v) is 13.3. The van der Waals surface area contributed by atoms with Crippen molar-refractivity contribution in [2.45, 2.75) is 26.0 Å². The molecule has 3 aromatic carbocycles. The summed E-state index contributed by atoms with van der Waals surface area (Å²) >= 11 is 1.22. The minimum Gasteiger partial charge on any atom is -0.374 e. The van der Waals surface area contributed by atoms with Gasteiger partial charge in [0.15, 0.2) is 0 Å². The lowest BCUT2D eigenvalue weighted by molar-refractivity contribution is -0.0873. The first-order chi connectivity index (χ1) is 19.1. The highest BCUT2D eigenvalue weighted by Crippen LogP contribution is 2.31. The molecule has 0 aliphatic rings. The number of halogens is 1. The standard InChI is InChI=1S/C30H27FN2O5S/c31-24-13-11-23(12-14-24)26-19-39-28-27(26)33(30(35)32-29(28)34)20-38-25(17-36-15-21-7-3-1-4-8-21)18-37-16-22-9-5-2-6-10-22/h1-14,19,25H,15-18,20H2,(H,32,34,35). The van der Waals surface area contributed by atoms with Crippen molar-refractivity contribution >= 4 is 21.6 Å². The number of thiophene rings is 1. The summed E-state index contributed by atoms with van der Waals surface area (Å²) < 4.78 is 33.3. The van der Waals surface area contributed by atoms with Gasteiger partial charge in [-0.25, -0.2) is 9.18 Å². The number of fused-ring (bicyclic) bond motifs is 1. The van der Waals surface area contributed by atoms with E-state index in [4.69, 9.17) is 14.2 Å². The smallest absolute Gasteiger partial charge is 0.330 e. The molecule has 7 nitrogen and oxygen atoms in total. The molecule has 0 atom stereocenters. The Morgan fingerprint density at radius 1 is 0.821 bits per heavy atom. The van der Waals surface area contributed by atoms with Gasteiger partial charge in [-0.1, -0.05) is 72.8 Å². The number of hydrogen-bond donors (Lipinski definition) is 1. The molecule has 2 aromatic heterocycles. The van der Waals surface area contributed by atoms with Gasteiger partial charge in [-0.15, -0.1) is 11.3 Å². The van der Waals surface area contributed by atoms with Crippen molar-refractivity contribution in [3.63, 3.8) is 0 Å². The van der Waals surface area contributed by atoms with E-state index >= 15 is 0 Å². The van der Waals surface area contributed by atoms with Gasteiger partial charge >= 0.3 is 5.69 Å². The molecule has 0 aliphatic heterocycles. The van der Waals surface area contributed by atoms with Gasteiger partial charge in [0.25, 0.3) is 5.56 Å². The first-order valence-electron chi connectivity index (χ1n) is 12.4. The van der Waals surface area contributed by atoms with E-state index in [2.05, 4.69) is 4.98 Å². The quantitative estimate of drug-likeness (QED) is 0.229. The van der Waals surface area contributed by atoms with E-state index in [-0.39, 0.29) is 25.8 Å². The third-order valence-electron chi connectivity index (χ3n) is 6.13. The minimum absolute atomic E-state index is 0.134. The number of aromatic nitrogens is 2. The van der Waals surface area contributed by atoms with Crippen molar-refractivity contribution < 1.29 is 18.6 Å². The molecule has 0 radical (unpaired) electrons. The first kappa shape index (κ1) is 26.7. The van der Waals surface area contributed by atoms with Crippen molar-refractivity contribution in [1.82, 2.24) is 9.55 Å². The van der Waals surface area contributed by atoms with Gasteiger partial charge in [0.05, 0.1) is 31.9 Å². The predicted molar refractivity (Wildman–Crippen MR) is 149 cm³/mol. The number of ether oxygens (including phenoxy) is 3. The van der Waals surface area contributed by atoms with Gasteiger partial charge in [0.2, 0.25) is 0 Å². The van der Waals surface area contributed by atoms with Crippen LogP contribution in [0.15, 0.2) is 99.9 Å². The SMILES string of the molecule is O=c1[nH]c(=O)n(COC(COCc2ccccc2)COCc2ccccc2)c2c(-c3ccc(F)cc3)csc12. The summed E-state index contributed by atoms with van der Waals surface area (Å²) in [5, 5.41) is 1.78. The van der Waals surface area contributed by atoms with Gasteiger partial charge in [0.1, 0.15) is 23.4 Å². The molecule has 5 rings (SSSR count). The van der Waals surface area contributed by atoms with Crippen LogP contribution in [0.4, 0.5) is 4.39 Å². The van der Waals surface area contributed by atoms with E-state index in [1.807, 2.05) is 60.7 Å². The van der Waals surface area contributed by atoms with Crippen LogP contribution in [-0.2, 0) is 34.2 Å². The van der Waals surface area contributed by atoms with Crippen LogP contribution in [0.2, 0.25) is 0 Å². The number of rotatable bonds is 12. The van der Waals surface area contributed by atoms with Crippen LogP contribution in [0.5, 0.6) is 0 Å². The zero-order valence-corrected chi connectivity index (χ0v) is 21.9. The fourth-order valence-corrected chi connectivity index (χ4v) is 5.12. The molecular weight excluding hydrogens is 519 g/mol. The molecule has 200 valence electrons. The van der Waals surface area contributed by atoms with Crippen molar-refractivity contribution in [3.8, 4) is 11.1 Å². The normalized spacial score (nSPS) is 11.4. The third-order valence-corrected chi connectivity index (χ3v) is 7.10. The number of benzene rings is 3. The van der Waals surface area contributed by atoms with Crippen molar-refractivity contribution in [2.75, 3.05) is 13.2 Å². The summed E-state index contributed by atoms with van der Waals surface area (Å²) in [6, 6.07) is 25.5. The van der Waals surface area contributed by atoms with Gasteiger partial charge in [0, 0.05) is 10.9 Å². The second-order valence-electron chi connectivity index (χ2n) is 8.94. The molecule has 0 bridgehead atoms. The average Bonchev–Trinajstić information content (AvgIpc) is 3.40. The summed E-state index contributed by atoms with van der Waals surface area (Å²) in [5.74, 6) is -0.370. The number of aromatic amines is 1. The molecule has 0 unspecified atom stereocenters. The Balaban J connectivity index is 1.35. The van der Waals surface area contributed by atoms with E-state index in [1.165, 1.54) is 28.0 Å². The molecule has 0 aliphatic carbocycles. The number of nitrogens with zero attached hydrogens (tertiary/aromatic N) is 1. The zero-order chi connectivity index (χ0) is 27.0. The molecule has 39 heavy (non-hydrogen) atoms. The molecule has 0 saturated heterocycles. The van der Waals surface area contributed by atoms with Crippen molar-refractivity contribution in [1.29, 1.82) is 0 Å². The molecule has 0 amide bonds. The second-order valence-corrected chi connectivity index (χ2v) is 9.82. The molecule has 9 heteroatoms. The maximum atomic E-state index is 13.5. The van der Waals surface area contributed by atoms with Gasteiger partial charge in [-0.3, -0.25) is 14.3 Å². The number of nitrogens with one attached hydrogen (secondary N) is 1. The lowest BCUT2D eigenvalue weighted by atomic mass is 10.1. The van der Waals surface area contributed by atoms with E-state index in [0.29, 0.717) is 34.6 Å². The topological polar surface area (TPSA) is 82.6 Å². The summed E-state index contributed by atoms with van der Waals surface area (Å²) in [5.41, 5.74) is 2.77. The Morgan fingerprint density at radius 3 is 2.00 bits per heavy atom. The lowest BCUT2D eigenvalue weighted by Gasteiger charge is -2.20. The van der Waals surface area contributed by atoms with Gasteiger partial charge < -0.3 is 14.2 Å². The summed E-state index contributed by atoms with van der Waals surface area (Å²) in [4.78, 5) is 27.8. The van der Waals surface area contributed by atoms with Gasteiger partial charge in [-0.05, 0) is 28.8 Å². The summed E-state index contributed by atoms with van der Waals surface area (Å²) in [6.45, 7) is 1.15. The largest absolute Gasteiger partial charge is 0.374 e. The van der Waals surface area contributed by atoms with Crippen LogP contribution >= 0.6 is 11.3 Å². The van der Waals surface area contributed by atoms with E-state index in [1.54, 1.807) is 17.5 Å². The molecule has 1 N–H and O–H groups in total. The van der Waals surface area contributed by atoms with Crippen LogP contribution in [0.1, 0.15) is 11.1 Å². The average molecular weight is 547 g/mol. The highest BCUT2D eigenvalue weighted by molar-refractivity contribution is 7.17. The molecule has 2 heterocycles. The van der Waals surface area contributed by atoms with E-state index in [0.717, 1.165) is 11.1 Å². The molecule has 0 spiro atoms. The van der Waals surface area contributed by atoms with Crippen LogP contribution in [0, 0.1) is 5.82 Å². The molecule has 0 saturated carbocycles. The Labute approximate surface area is 228 Å². The van der Waals surface area contributed by atoms with E-state index in [9.17, 15) is 14.0 Å². The fourth-order valence-electron chi connectivity index (χ4n) is 4.15. The van der Waals surface area contributed by atoms with Crippen LogP contribution < -0.4 is 11.2 Å². The number of hydrogen-bond acceptors (Lipinski definition) is 6. The molecular formula is C30H27FN2O5S. The zero-order valence-electron chi connectivity index (χ0n) is 21.0. The number of H-pyrrole nitrogens is 1. The van der Waals surface area contributed by atoms with Crippen molar-refractivity contribution in [3.05, 3.63) is 128 Å². The monoisotopic (exact) mass is 546 g/mol. The Hall–Kier alpha value is -3.89. The Kier molecular flexibility index (Phi) is 8.75. The highest BCUT2D eigenvalue weighted by atomic mass is 32.1. The molecule has 5 aromatic rings. The maximum Gasteiger partial charge on any atom is 0.330 e. The summed E-state index contributed by atoms with van der Waals surface area (Å²) in [6.07, 6.45) is -0.487. The maximum absolute atomic E-state index is 13.5. The molecule has 0 fully saturated rings. The lowest BCUT2D eigenvalue weighted by Crippen LogP contribution is -2.33. The third kappa shape index (κ3) is 6.76. The minimum atomic E-state index is -0.594. The fraction of sp³-hybridized carbons (Fsp3) is 0.200. The van der Waals surface area contributed by atoms with Gasteiger partial charge in [-0.2, -0.15) is 0 Å².